The van der Waals surface area contributed by atoms with Gasteiger partial charge in [0.15, 0.2) is 0 Å². The van der Waals surface area contributed by atoms with Gasteiger partial charge in [0.25, 0.3) is 5.91 Å². The van der Waals surface area contributed by atoms with Crippen LogP contribution in [0.5, 0.6) is 5.75 Å². The van der Waals surface area contributed by atoms with Crippen molar-refractivity contribution in [1.29, 1.82) is 0 Å². The van der Waals surface area contributed by atoms with E-state index >= 15 is 0 Å². The number of ether oxygens (including phenoxy) is 1. The number of halogens is 3. The van der Waals surface area contributed by atoms with Gasteiger partial charge in [0.05, 0.1) is 16.8 Å². The quantitative estimate of drug-likeness (QED) is 0.555. The Bertz CT molecular complexity index is 990. The van der Waals surface area contributed by atoms with E-state index in [1.54, 1.807) is 31.3 Å². The number of carbonyl (C=O) groups excluding carboxylic acids is 1. The Labute approximate surface area is 172 Å². The Morgan fingerprint density at radius 1 is 1.07 bits per heavy atom. The van der Waals surface area contributed by atoms with E-state index in [1.165, 1.54) is 17.0 Å². The summed E-state index contributed by atoms with van der Waals surface area (Å²) in [5, 5.41) is 3.88. The maximum absolute atomic E-state index is 12.7. The summed E-state index contributed by atoms with van der Waals surface area (Å²) in [6.07, 6.45) is -4.38. The number of nitrogens with zero attached hydrogens (tertiary/aromatic N) is 2. The highest BCUT2D eigenvalue weighted by Gasteiger charge is 2.30. The van der Waals surface area contributed by atoms with Gasteiger partial charge < -0.3 is 14.2 Å². The summed E-state index contributed by atoms with van der Waals surface area (Å²) in [6.45, 7) is 4.15. The number of aryl methyl sites for hydroxylation is 2. The van der Waals surface area contributed by atoms with E-state index < -0.39 is 11.7 Å². The van der Waals surface area contributed by atoms with Crippen LogP contribution in [-0.2, 0) is 19.3 Å². The molecule has 2 aromatic carbocycles. The minimum atomic E-state index is -4.38. The number of amides is 1. The van der Waals surface area contributed by atoms with Crippen LogP contribution in [0.1, 0.15) is 38.5 Å². The number of alkyl halides is 3. The molecule has 3 rings (SSSR count). The zero-order chi connectivity index (χ0) is 21.9. The zero-order valence-electron chi connectivity index (χ0n) is 16.8. The molecular weight excluding hydrogens is 397 g/mol. The van der Waals surface area contributed by atoms with Gasteiger partial charge >= 0.3 is 6.18 Å². The zero-order valence-corrected chi connectivity index (χ0v) is 16.8. The maximum atomic E-state index is 12.7. The third kappa shape index (κ3) is 5.00. The van der Waals surface area contributed by atoms with Crippen molar-refractivity contribution in [2.75, 3.05) is 7.05 Å². The maximum Gasteiger partial charge on any atom is 0.416 e. The molecule has 0 aliphatic rings. The van der Waals surface area contributed by atoms with Crippen LogP contribution < -0.4 is 4.74 Å². The van der Waals surface area contributed by atoms with Gasteiger partial charge in [0.2, 0.25) is 0 Å². The fourth-order valence-electron chi connectivity index (χ4n) is 2.92. The highest BCUT2D eigenvalue weighted by molar-refractivity contribution is 5.94. The smallest absolute Gasteiger partial charge is 0.416 e. The second-order valence-electron chi connectivity index (χ2n) is 6.97. The van der Waals surface area contributed by atoms with Crippen molar-refractivity contribution in [3.63, 3.8) is 0 Å². The molecule has 3 aromatic rings. The number of hydrogen-bond donors (Lipinski definition) is 0. The van der Waals surface area contributed by atoms with E-state index in [0.717, 1.165) is 23.4 Å². The average Bonchev–Trinajstić information content (AvgIpc) is 3.03. The average molecular weight is 418 g/mol. The van der Waals surface area contributed by atoms with Crippen LogP contribution in [0, 0.1) is 13.8 Å². The summed E-state index contributed by atoms with van der Waals surface area (Å²) in [5.41, 5.74) is 2.00. The predicted molar refractivity (Wildman–Crippen MR) is 104 cm³/mol. The minimum absolute atomic E-state index is 0.196. The van der Waals surface area contributed by atoms with Crippen LogP contribution >= 0.6 is 0 Å². The van der Waals surface area contributed by atoms with Crippen molar-refractivity contribution in [3.8, 4) is 5.75 Å². The Balaban J connectivity index is 1.59. The van der Waals surface area contributed by atoms with Crippen molar-refractivity contribution in [2.45, 2.75) is 33.2 Å². The molecule has 5 nitrogen and oxygen atoms in total. The van der Waals surface area contributed by atoms with Crippen molar-refractivity contribution in [1.82, 2.24) is 10.1 Å². The highest BCUT2D eigenvalue weighted by Crippen LogP contribution is 2.29. The summed E-state index contributed by atoms with van der Waals surface area (Å²) in [6, 6.07) is 11.4. The van der Waals surface area contributed by atoms with Crippen LogP contribution in [0.25, 0.3) is 0 Å². The van der Waals surface area contributed by atoms with E-state index in [2.05, 4.69) is 5.16 Å². The highest BCUT2D eigenvalue weighted by atomic mass is 19.4. The number of rotatable bonds is 6. The molecule has 0 saturated heterocycles. The molecule has 158 valence electrons. The number of aromatic nitrogens is 1. The number of hydrogen-bond acceptors (Lipinski definition) is 4. The summed E-state index contributed by atoms with van der Waals surface area (Å²) in [4.78, 5) is 14.1. The number of benzene rings is 2. The standard InChI is InChI=1S/C22H21F3N2O3/c1-14-20(15(2)30-26-14)13-29-19-10-6-17(7-11-19)21(28)27(3)12-16-4-8-18(9-5-16)22(23,24)25/h4-11H,12-13H2,1-3H3. The molecule has 1 heterocycles. The Kier molecular flexibility index (Phi) is 6.14. The van der Waals surface area contributed by atoms with Gasteiger partial charge in [-0.1, -0.05) is 17.3 Å². The van der Waals surface area contributed by atoms with Crippen molar-refractivity contribution in [3.05, 3.63) is 82.2 Å². The molecule has 0 bridgehead atoms. The molecule has 0 N–H and O–H groups in total. The van der Waals surface area contributed by atoms with Crippen molar-refractivity contribution < 1.29 is 27.2 Å². The molecule has 0 spiro atoms. The first-order chi connectivity index (χ1) is 14.1. The van der Waals surface area contributed by atoms with Crippen molar-refractivity contribution >= 4 is 5.91 Å². The normalized spacial score (nSPS) is 11.4. The van der Waals surface area contributed by atoms with Gasteiger partial charge in [-0.15, -0.1) is 0 Å². The Hall–Kier alpha value is -3.29. The topological polar surface area (TPSA) is 55.6 Å². The molecule has 1 aromatic heterocycles. The lowest BCUT2D eigenvalue weighted by Crippen LogP contribution is -2.26. The van der Waals surface area contributed by atoms with Crippen LogP contribution in [0.4, 0.5) is 13.2 Å². The first kappa shape index (κ1) is 21.4. The van der Waals surface area contributed by atoms with E-state index in [0.29, 0.717) is 29.2 Å². The third-order valence-electron chi connectivity index (χ3n) is 4.71. The lowest BCUT2D eigenvalue weighted by Gasteiger charge is -2.18. The summed E-state index contributed by atoms with van der Waals surface area (Å²) in [7, 11) is 1.60. The van der Waals surface area contributed by atoms with Crippen molar-refractivity contribution in [2.24, 2.45) is 0 Å². The second kappa shape index (κ2) is 8.61. The second-order valence-corrected chi connectivity index (χ2v) is 6.97. The predicted octanol–water partition coefficient (Wildman–Crippen LogP) is 5.16. The van der Waals surface area contributed by atoms with E-state index in [1.807, 2.05) is 13.8 Å². The Morgan fingerprint density at radius 3 is 2.23 bits per heavy atom. The number of carbonyl (C=O) groups is 1. The van der Waals surface area contributed by atoms with Gasteiger partial charge in [-0.3, -0.25) is 4.79 Å². The van der Waals surface area contributed by atoms with Crippen LogP contribution in [0.3, 0.4) is 0 Å². The summed E-state index contributed by atoms with van der Waals surface area (Å²) >= 11 is 0. The fourth-order valence-corrected chi connectivity index (χ4v) is 2.92. The molecule has 0 radical (unpaired) electrons. The molecule has 1 amide bonds. The summed E-state index contributed by atoms with van der Waals surface area (Å²) in [5.74, 6) is 1.05. The van der Waals surface area contributed by atoms with E-state index in [4.69, 9.17) is 9.26 Å². The first-order valence-electron chi connectivity index (χ1n) is 9.21. The van der Waals surface area contributed by atoms with E-state index in [9.17, 15) is 18.0 Å². The van der Waals surface area contributed by atoms with Gasteiger partial charge in [0, 0.05) is 19.2 Å². The molecule has 0 atom stereocenters. The molecule has 0 saturated carbocycles. The van der Waals surface area contributed by atoms with E-state index in [-0.39, 0.29) is 12.5 Å². The monoisotopic (exact) mass is 418 g/mol. The lowest BCUT2D eigenvalue weighted by molar-refractivity contribution is -0.137. The lowest BCUT2D eigenvalue weighted by atomic mass is 10.1. The third-order valence-corrected chi connectivity index (χ3v) is 4.71. The van der Waals surface area contributed by atoms with Gasteiger partial charge in [-0.2, -0.15) is 13.2 Å². The molecule has 0 aliphatic carbocycles. The van der Waals surface area contributed by atoms with Crippen LogP contribution in [-0.4, -0.2) is 23.0 Å². The molecule has 0 unspecified atom stereocenters. The molecule has 0 aliphatic heterocycles. The molecule has 0 fully saturated rings. The van der Waals surface area contributed by atoms with Crippen LogP contribution in [0.15, 0.2) is 53.1 Å². The molecule has 8 heteroatoms. The fraction of sp³-hybridized carbons (Fsp3) is 0.273. The first-order valence-corrected chi connectivity index (χ1v) is 9.21. The van der Waals surface area contributed by atoms with Crippen LogP contribution in [0.2, 0.25) is 0 Å². The van der Waals surface area contributed by atoms with Gasteiger partial charge in [-0.05, 0) is 55.8 Å². The molecular formula is C22H21F3N2O3. The minimum Gasteiger partial charge on any atom is -0.489 e. The largest absolute Gasteiger partial charge is 0.489 e. The van der Waals surface area contributed by atoms with Gasteiger partial charge in [-0.25, -0.2) is 0 Å². The Morgan fingerprint density at radius 2 is 1.70 bits per heavy atom. The summed E-state index contributed by atoms with van der Waals surface area (Å²) < 4.78 is 48.8. The molecule has 30 heavy (non-hydrogen) atoms. The SMILES string of the molecule is Cc1noc(C)c1COc1ccc(C(=O)N(C)Cc2ccc(C(F)(F)F)cc2)cc1. The van der Waals surface area contributed by atoms with Gasteiger partial charge in [0.1, 0.15) is 18.1 Å².